The second kappa shape index (κ2) is 8.91. The molecule has 2 aromatic rings. The fourth-order valence-electron chi connectivity index (χ4n) is 3.52. The van der Waals surface area contributed by atoms with Crippen LogP contribution in [0.5, 0.6) is 0 Å². The summed E-state index contributed by atoms with van der Waals surface area (Å²) in [4.78, 5) is 9.31. The minimum absolute atomic E-state index is 0.160. The van der Waals surface area contributed by atoms with E-state index in [0.29, 0.717) is 11.6 Å². The molecule has 0 saturated carbocycles. The molecule has 0 amide bonds. The second-order valence-electron chi connectivity index (χ2n) is 6.88. The van der Waals surface area contributed by atoms with Crippen molar-refractivity contribution >= 4 is 11.6 Å². The lowest BCUT2D eigenvalue weighted by Gasteiger charge is -2.41. The standard InChI is InChI=1S/C20H25ClFN3O/c1-15-3-2-4-18(23-15)13-25-9-8-24(14-19(25)7-10-26)12-16-5-6-17(22)11-20(16)21/h2-6,11,19,26H,7-10,12-14H2,1H3/t19-/m0/s1. The molecule has 0 spiro atoms. The van der Waals surface area contributed by atoms with Crippen molar-refractivity contribution in [1.29, 1.82) is 0 Å². The van der Waals surface area contributed by atoms with E-state index in [1.165, 1.54) is 12.1 Å². The molecule has 0 aliphatic carbocycles. The summed E-state index contributed by atoms with van der Waals surface area (Å²) in [7, 11) is 0. The molecule has 1 aliphatic rings. The highest BCUT2D eigenvalue weighted by Crippen LogP contribution is 2.22. The van der Waals surface area contributed by atoms with E-state index < -0.39 is 0 Å². The maximum atomic E-state index is 13.2. The Morgan fingerprint density at radius 2 is 2.08 bits per heavy atom. The molecule has 6 heteroatoms. The van der Waals surface area contributed by atoms with Crippen molar-refractivity contribution < 1.29 is 9.50 Å². The van der Waals surface area contributed by atoms with Crippen molar-refractivity contribution in [3.63, 3.8) is 0 Å². The number of hydrogen-bond acceptors (Lipinski definition) is 4. The summed E-state index contributed by atoms with van der Waals surface area (Å²) in [5.74, 6) is -0.313. The number of aromatic nitrogens is 1. The van der Waals surface area contributed by atoms with Crippen molar-refractivity contribution in [2.24, 2.45) is 0 Å². The van der Waals surface area contributed by atoms with Crippen LogP contribution in [0.25, 0.3) is 0 Å². The summed E-state index contributed by atoms with van der Waals surface area (Å²) < 4.78 is 13.2. The maximum Gasteiger partial charge on any atom is 0.124 e. The minimum atomic E-state index is -0.313. The lowest BCUT2D eigenvalue weighted by Crippen LogP contribution is -2.52. The van der Waals surface area contributed by atoms with E-state index >= 15 is 0 Å². The molecule has 1 atom stereocenters. The van der Waals surface area contributed by atoms with Crippen LogP contribution in [0.4, 0.5) is 4.39 Å². The third kappa shape index (κ3) is 5.01. The highest BCUT2D eigenvalue weighted by Gasteiger charge is 2.27. The zero-order chi connectivity index (χ0) is 18.5. The summed E-state index contributed by atoms with van der Waals surface area (Å²) in [6.45, 7) is 6.29. The van der Waals surface area contributed by atoms with Crippen LogP contribution >= 0.6 is 11.6 Å². The average Bonchev–Trinajstić information content (AvgIpc) is 2.60. The Morgan fingerprint density at radius 1 is 1.23 bits per heavy atom. The smallest absolute Gasteiger partial charge is 0.124 e. The number of aryl methyl sites for hydroxylation is 1. The molecule has 140 valence electrons. The summed E-state index contributed by atoms with van der Waals surface area (Å²) in [6.07, 6.45) is 0.722. The summed E-state index contributed by atoms with van der Waals surface area (Å²) in [5, 5.41) is 9.94. The number of pyridine rings is 1. The van der Waals surface area contributed by atoms with E-state index in [1.54, 1.807) is 6.07 Å². The van der Waals surface area contributed by atoms with Gasteiger partial charge >= 0.3 is 0 Å². The van der Waals surface area contributed by atoms with E-state index in [-0.39, 0.29) is 18.5 Å². The van der Waals surface area contributed by atoms with Gasteiger partial charge in [-0.05, 0) is 43.2 Å². The Bertz CT molecular complexity index is 743. The second-order valence-corrected chi connectivity index (χ2v) is 7.28. The van der Waals surface area contributed by atoms with Crippen LogP contribution in [0, 0.1) is 12.7 Å². The quantitative estimate of drug-likeness (QED) is 0.838. The Morgan fingerprint density at radius 3 is 2.81 bits per heavy atom. The molecule has 1 fully saturated rings. The normalized spacial score (nSPS) is 19.0. The van der Waals surface area contributed by atoms with Gasteiger partial charge in [-0.1, -0.05) is 23.7 Å². The van der Waals surface area contributed by atoms with Gasteiger partial charge in [0.05, 0.1) is 5.69 Å². The van der Waals surface area contributed by atoms with Crippen LogP contribution in [0.2, 0.25) is 5.02 Å². The molecule has 1 aromatic carbocycles. The predicted octanol–water partition coefficient (Wildman–Crippen LogP) is 3.25. The Kier molecular flexibility index (Phi) is 6.59. The SMILES string of the molecule is Cc1cccc(CN2CCN(Cc3ccc(F)cc3Cl)C[C@@H]2CCO)n1. The van der Waals surface area contributed by atoms with E-state index in [2.05, 4.69) is 14.8 Å². The van der Waals surface area contributed by atoms with Crippen molar-refractivity contribution in [2.45, 2.75) is 32.5 Å². The highest BCUT2D eigenvalue weighted by molar-refractivity contribution is 6.31. The molecule has 2 heterocycles. The highest BCUT2D eigenvalue weighted by atomic mass is 35.5. The molecule has 0 unspecified atom stereocenters. The zero-order valence-corrected chi connectivity index (χ0v) is 15.8. The fraction of sp³-hybridized carbons (Fsp3) is 0.450. The first-order chi connectivity index (χ1) is 12.5. The van der Waals surface area contributed by atoms with E-state index in [9.17, 15) is 9.50 Å². The van der Waals surface area contributed by atoms with Crippen LogP contribution in [0.3, 0.4) is 0 Å². The van der Waals surface area contributed by atoms with E-state index in [1.807, 2.05) is 25.1 Å². The Hall–Kier alpha value is -1.53. The number of halogens is 2. The van der Waals surface area contributed by atoms with Crippen molar-refractivity contribution in [1.82, 2.24) is 14.8 Å². The molecule has 0 bridgehead atoms. The molecule has 26 heavy (non-hydrogen) atoms. The monoisotopic (exact) mass is 377 g/mol. The minimum Gasteiger partial charge on any atom is -0.396 e. The van der Waals surface area contributed by atoms with Crippen LogP contribution in [-0.4, -0.2) is 52.2 Å². The molecule has 4 nitrogen and oxygen atoms in total. The topological polar surface area (TPSA) is 39.6 Å². The lowest BCUT2D eigenvalue weighted by atomic mass is 10.1. The van der Waals surface area contributed by atoms with Gasteiger partial charge in [0.1, 0.15) is 5.82 Å². The van der Waals surface area contributed by atoms with Crippen molar-refractivity contribution in [3.05, 3.63) is 64.2 Å². The first-order valence-corrected chi connectivity index (χ1v) is 9.36. The molecule has 1 N–H and O–H groups in total. The van der Waals surface area contributed by atoms with Gasteiger partial charge in [0.25, 0.3) is 0 Å². The van der Waals surface area contributed by atoms with Crippen molar-refractivity contribution in [3.8, 4) is 0 Å². The van der Waals surface area contributed by atoms with E-state index in [4.69, 9.17) is 11.6 Å². The van der Waals surface area contributed by atoms with Gasteiger partial charge in [-0.15, -0.1) is 0 Å². The van der Waals surface area contributed by atoms with Gasteiger partial charge < -0.3 is 5.11 Å². The molecular formula is C20H25ClFN3O. The Balaban J connectivity index is 1.65. The number of benzene rings is 1. The number of rotatable bonds is 6. The number of aliphatic hydroxyl groups is 1. The largest absolute Gasteiger partial charge is 0.396 e. The summed E-state index contributed by atoms with van der Waals surface area (Å²) in [6, 6.07) is 10.9. The Labute approximate surface area is 159 Å². The average molecular weight is 378 g/mol. The molecule has 1 aromatic heterocycles. The number of hydrogen-bond donors (Lipinski definition) is 1. The van der Waals surface area contributed by atoms with Crippen molar-refractivity contribution in [2.75, 3.05) is 26.2 Å². The fourth-order valence-corrected chi connectivity index (χ4v) is 3.75. The first kappa shape index (κ1) is 19.2. The number of nitrogens with zero attached hydrogens (tertiary/aromatic N) is 3. The van der Waals surface area contributed by atoms with Gasteiger partial charge in [-0.25, -0.2) is 4.39 Å². The number of piperazine rings is 1. The number of aliphatic hydroxyl groups excluding tert-OH is 1. The van der Waals surface area contributed by atoms with Crippen LogP contribution in [0.15, 0.2) is 36.4 Å². The molecule has 1 saturated heterocycles. The van der Waals surface area contributed by atoms with Crippen LogP contribution in [-0.2, 0) is 13.1 Å². The third-order valence-electron chi connectivity index (χ3n) is 4.87. The lowest BCUT2D eigenvalue weighted by molar-refractivity contribution is 0.0491. The molecule has 1 aliphatic heterocycles. The van der Waals surface area contributed by atoms with Crippen LogP contribution in [0.1, 0.15) is 23.4 Å². The summed E-state index contributed by atoms with van der Waals surface area (Å²) >= 11 is 6.17. The van der Waals surface area contributed by atoms with Crippen LogP contribution < -0.4 is 0 Å². The van der Waals surface area contributed by atoms with Gasteiger partial charge in [0.2, 0.25) is 0 Å². The first-order valence-electron chi connectivity index (χ1n) is 8.99. The summed E-state index contributed by atoms with van der Waals surface area (Å²) in [5.41, 5.74) is 3.01. The van der Waals surface area contributed by atoms with E-state index in [0.717, 1.165) is 49.6 Å². The van der Waals surface area contributed by atoms with Gasteiger partial charge in [-0.2, -0.15) is 0 Å². The molecular weight excluding hydrogens is 353 g/mol. The van der Waals surface area contributed by atoms with Gasteiger partial charge in [0.15, 0.2) is 0 Å². The zero-order valence-electron chi connectivity index (χ0n) is 15.0. The van der Waals surface area contributed by atoms with Gasteiger partial charge in [-0.3, -0.25) is 14.8 Å². The maximum absolute atomic E-state index is 13.2. The third-order valence-corrected chi connectivity index (χ3v) is 5.22. The molecule has 0 radical (unpaired) electrons. The molecule has 3 rings (SSSR count). The predicted molar refractivity (Wildman–Crippen MR) is 102 cm³/mol. The van der Waals surface area contributed by atoms with Gasteiger partial charge in [0, 0.05) is 56.1 Å².